The molecule has 0 radical (unpaired) electrons. The average Bonchev–Trinajstić information content (AvgIpc) is 2.66. The predicted octanol–water partition coefficient (Wildman–Crippen LogP) is 1.69. The second kappa shape index (κ2) is 4.01. The fraction of sp³-hybridized carbons (Fsp3) is 0.500. The summed E-state index contributed by atoms with van der Waals surface area (Å²) in [5, 5.41) is 3.18. The number of rotatable bonds is 3. The Kier molecular flexibility index (Phi) is 2.73. The maximum atomic E-state index is 5.52. The summed E-state index contributed by atoms with van der Waals surface area (Å²) in [6.45, 7) is 4.10. The zero-order valence-corrected chi connectivity index (χ0v) is 8.89. The lowest BCUT2D eigenvalue weighted by atomic mass is 9.98. The fourth-order valence-electron chi connectivity index (χ4n) is 2.02. The molecule has 0 aliphatic carbocycles. The summed E-state index contributed by atoms with van der Waals surface area (Å²) in [7, 11) is 1.99. The third kappa shape index (κ3) is 1.62. The van der Waals surface area contributed by atoms with Crippen LogP contribution >= 0.6 is 0 Å². The van der Waals surface area contributed by atoms with Crippen LogP contribution in [0, 0.1) is 6.92 Å². The van der Waals surface area contributed by atoms with Gasteiger partial charge in [-0.05, 0) is 44.1 Å². The zero-order chi connectivity index (χ0) is 9.97. The van der Waals surface area contributed by atoms with Gasteiger partial charge >= 0.3 is 0 Å². The van der Waals surface area contributed by atoms with Gasteiger partial charge in [-0.15, -0.1) is 0 Å². The van der Waals surface area contributed by atoms with Gasteiger partial charge in [0.25, 0.3) is 0 Å². The third-order valence-electron chi connectivity index (χ3n) is 2.92. The number of benzene rings is 1. The molecule has 1 aliphatic rings. The van der Waals surface area contributed by atoms with E-state index in [4.69, 9.17) is 4.74 Å². The summed E-state index contributed by atoms with van der Waals surface area (Å²) in [5.74, 6) is 1.09. The Labute approximate surface area is 85.3 Å². The molecular weight excluding hydrogens is 174 g/mol. The van der Waals surface area contributed by atoms with Crippen molar-refractivity contribution < 1.29 is 4.74 Å². The van der Waals surface area contributed by atoms with Gasteiger partial charge in [-0.3, -0.25) is 0 Å². The average molecular weight is 191 g/mol. The second-order valence-electron chi connectivity index (χ2n) is 3.78. The Bertz CT molecular complexity index is 333. The first-order valence-electron chi connectivity index (χ1n) is 5.21. The molecule has 0 atom stereocenters. The van der Waals surface area contributed by atoms with Crippen LogP contribution in [0.5, 0.6) is 5.75 Å². The topological polar surface area (TPSA) is 21.3 Å². The van der Waals surface area contributed by atoms with Gasteiger partial charge in [0.1, 0.15) is 5.75 Å². The fourth-order valence-corrected chi connectivity index (χ4v) is 2.02. The molecular formula is C12H17NO. The zero-order valence-electron chi connectivity index (χ0n) is 8.89. The summed E-state index contributed by atoms with van der Waals surface area (Å²) in [5.41, 5.74) is 4.29. The van der Waals surface area contributed by atoms with E-state index in [0.717, 1.165) is 31.7 Å². The largest absolute Gasteiger partial charge is 0.493 e. The van der Waals surface area contributed by atoms with E-state index in [1.165, 1.54) is 16.7 Å². The van der Waals surface area contributed by atoms with Gasteiger partial charge in [-0.2, -0.15) is 0 Å². The lowest BCUT2D eigenvalue weighted by Crippen LogP contribution is -2.11. The molecule has 0 bridgehead atoms. The number of fused-ring (bicyclic) bond motifs is 1. The Morgan fingerprint density at radius 1 is 1.43 bits per heavy atom. The Morgan fingerprint density at radius 3 is 3.07 bits per heavy atom. The highest BCUT2D eigenvalue weighted by atomic mass is 16.5. The minimum atomic E-state index is 0.853. The standard InChI is InChI=1S/C12H17NO/c1-9-10(5-7-13-2)3-4-12-11(9)6-8-14-12/h3-4,13H,5-8H2,1-2H3. The summed E-state index contributed by atoms with van der Waals surface area (Å²) in [6.07, 6.45) is 2.18. The first-order chi connectivity index (χ1) is 6.83. The predicted molar refractivity (Wildman–Crippen MR) is 58.0 cm³/mol. The van der Waals surface area contributed by atoms with E-state index < -0.39 is 0 Å². The van der Waals surface area contributed by atoms with E-state index in [1.54, 1.807) is 0 Å². The first-order valence-corrected chi connectivity index (χ1v) is 5.21. The van der Waals surface area contributed by atoms with Crippen molar-refractivity contribution in [2.24, 2.45) is 0 Å². The Hall–Kier alpha value is -1.02. The van der Waals surface area contributed by atoms with Crippen LogP contribution < -0.4 is 10.1 Å². The molecule has 0 saturated heterocycles. The van der Waals surface area contributed by atoms with Crippen LogP contribution in [0.4, 0.5) is 0 Å². The van der Waals surface area contributed by atoms with Crippen LogP contribution in [0.3, 0.4) is 0 Å². The molecule has 0 amide bonds. The minimum absolute atomic E-state index is 0.853. The van der Waals surface area contributed by atoms with Crippen molar-refractivity contribution in [3.05, 3.63) is 28.8 Å². The van der Waals surface area contributed by atoms with E-state index in [1.807, 2.05) is 7.05 Å². The maximum absolute atomic E-state index is 5.52. The number of hydrogen-bond donors (Lipinski definition) is 1. The van der Waals surface area contributed by atoms with Crippen molar-refractivity contribution in [3.8, 4) is 5.75 Å². The van der Waals surface area contributed by atoms with Crippen molar-refractivity contribution in [1.82, 2.24) is 5.32 Å². The summed E-state index contributed by atoms with van der Waals surface area (Å²) in [6, 6.07) is 4.30. The van der Waals surface area contributed by atoms with Crippen molar-refractivity contribution in [2.45, 2.75) is 19.8 Å². The lowest BCUT2D eigenvalue weighted by molar-refractivity contribution is 0.357. The molecule has 0 spiro atoms. The van der Waals surface area contributed by atoms with Crippen molar-refractivity contribution in [2.75, 3.05) is 20.2 Å². The summed E-state index contributed by atoms with van der Waals surface area (Å²) < 4.78 is 5.52. The van der Waals surface area contributed by atoms with Crippen LogP contribution in [0.15, 0.2) is 12.1 Å². The molecule has 2 nitrogen and oxygen atoms in total. The number of nitrogens with one attached hydrogen (secondary N) is 1. The molecule has 14 heavy (non-hydrogen) atoms. The van der Waals surface area contributed by atoms with Gasteiger partial charge in [0.05, 0.1) is 6.61 Å². The van der Waals surface area contributed by atoms with Crippen molar-refractivity contribution in [1.29, 1.82) is 0 Å². The minimum Gasteiger partial charge on any atom is -0.493 e. The van der Waals surface area contributed by atoms with Gasteiger partial charge in [0.15, 0.2) is 0 Å². The van der Waals surface area contributed by atoms with E-state index in [0.29, 0.717) is 0 Å². The molecule has 1 aromatic carbocycles. The molecule has 1 aliphatic heterocycles. The molecule has 0 fully saturated rings. The lowest BCUT2D eigenvalue weighted by Gasteiger charge is -2.09. The van der Waals surface area contributed by atoms with Gasteiger partial charge in [-0.1, -0.05) is 6.07 Å². The molecule has 1 N–H and O–H groups in total. The van der Waals surface area contributed by atoms with Crippen LogP contribution in [-0.4, -0.2) is 20.2 Å². The van der Waals surface area contributed by atoms with Crippen LogP contribution in [-0.2, 0) is 12.8 Å². The SMILES string of the molecule is CNCCc1ccc2c(c1C)CCO2. The van der Waals surface area contributed by atoms with E-state index in [-0.39, 0.29) is 0 Å². The molecule has 1 heterocycles. The number of hydrogen-bond acceptors (Lipinski definition) is 2. The highest BCUT2D eigenvalue weighted by Gasteiger charge is 2.15. The van der Waals surface area contributed by atoms with Gasteiger partial charge in [-0.25, -0.2) is 0 Å². The molecule has 0 unspecified atom stereocenters. The van der Waals surface area contributed by atoms with Gasteiger partial charge in [0, 0.05) is 12.0 Å². The monoisotopic (exact) mass is 191 g/mol. The maximum Gasteiger partial charge on any atom is 0.122 e. The van der Waals surface area contributed by atoms with Crippen LogP contribution in [0.25, 0.3) is 0 Å². The summed E-state index contributed by atoms with van der Waals surface area (Å²) >= 11 is 0. The summed E-state index contributed by atoms with van der Waals surface area (Å²) in [4.78, 5) is 0. The first kappa shape index (κ1) is 9.53. The molecule has 0 saturated carbocycles. The van der Waals surface area contributed by atoms with Crippen LogP contribution in [0.1, 0.15) is 16.7 Å². The molecule has 76 valence electrons. The van der Waals surface area contributed by atoms with E-state index >= 15 is 0 Å². The van der Waals surface area contributed by atoms with Crippen LogP contribution in [0.2, 0.25) is 0 Å². The molecule has 1 aromatic rings. The van der Waals surface area contributed by atoms with Crippen molar-refractivity contribution in [3.63, 3.8) is 0 Å². The quantitative estimate of drug-likeness (QED) is 0.785. The highest BCUT2D eigenvalue weighted by Crippen LogP contribution is 2.30. The Morgan fingerprint density at radius 2 is 2.29 bits per heavy atom. The molecule has 2 rings (SSSR count). The van der Waals surface area contributed by atoms with Crippen molar-refractivity contribution >= 4 is 0 Å². The van der Waals surface area contributed by atoms with E-state index in [2.05, 4.69) is 24.4 Å². The van der Waals surface area contributed by atoms with Gasteiger partial charge in [0.2, 0.25) is 0 Å². The Balaban J connectivity index is 2.26. The number of likely N-dealkylation sites (N-methyl/N-ethyl adjacent to an activating group) is 1. The third-order valence-corrected chi connectivity index (χ3v) is 2.92. The normalized spacial score (nSPS) is 13.9. The smallest absolute Gasteiger partial charge is 0.122 e. The van der Waals surface area contributed by atoms with E-state index in [9.17, 15) is 0 Å². The number of ether oxygens (including phenoxy) is 1. The molecule has 0 aromatic heterocycles. The van der Waals surface area contributed by atoms with Gasteiger partial charge < -0.3 is 10.1 Å². The second-order valence-corrected chi connectivity index (χ2v) is 3.78. The molecule has 2 heteroatoms. The highest BCUT2D eigenvalue weighted by molar-refractivity contribution is 5.46.